The van der Waals surface area contributed by atoms with Gasteiger partial charge >= 0.3 is 0 Å². The summed E-state index contributed by atoms with van der Waals surface area (Å²) in [7, 11) is 0. The van der Waals surface area contributed by atoms with Gasteiger partial charge in [-0.1, -0.05) is 23.2 Å². The molecule has 0 fully saturated rings. The minimum atomic E-state index is 0.360. The van der Waals surface area contributed by atoms with Gasteiger partial charge in [-0.2, -0.15) is 0 Å². The number of imidazole rings is 1. The predicted molar refractivity (Wildman–Crippen MR) is 71.6 cm³/mol. The van der Waals surface area contributed by atoms with E-state index in [1.54, 1.807) is 12.1 Å². The van der Waals surface area contributed by atoms with E-state index in [9.17, 15) is 0 Å². The molecule has 0 aliphatic rings. The highest BCUT2D eigenvalue weighted by molar-refractivity contribution is 6.42. The molecule has 1 aromatic carbocycles. The number of aromatic nitrogens is 4. The molecule has 0 atom stereocenters. The normalized spacial score (nSPS) is 11.0. The zero-order valence-electron chi connectivity index (χ0n) is 8.98. The summed E-state index contributed by atoms with van der Waals surface area (Å²) in [5, 5.41) is 0.963. The van der Waals surface area contributed by atoms with Gasteiger partial charge in [0.1, 0.15) is 17.7 Å². The zero-order chi connectivity index (χ0) is 12.7. The smallest absolute Gasteiger partial charge is 0.183 e. The quantitative estimate of drug-likeness (QED) is 0.718. The van der Waals surface area contributed by atoms with E-state index >= 15 is 0 Å². The summed E-state index contributed by atoms with van der Waals surface area (Å²) in [6.07, 6.45) is 1.37. The van der Waals surface area contributed by atoms with Crippen molar-refractivity contribution in [2.75, 3.05) is 5.73 Å². The summed E-state index contributed by atoms with van der Waals surface area (Å²) >= 11 is 11.8. The molecule has 0 aliphatic carbocycles. The van der Waals surface area contributed by atoms with Crippen LogP contribution in [0.1, 0.15) is 0 Å². The van der Waals surface area contributed by atoms with Crippen LogP contribution in [0.5, 0.6) is 0 Å². The number of nitrogen functional groups attached to an aromatic ring is 1. The van der Waals surface area contributed by atoms with Gasteiger partial charge in [0.2, 0.25) is 0 Å². The Labute approximate surface area is 112 Å². The molecule has 2 heterocycles. The predicted octanol–water partition coefficient (Wildman–Crippen LogP) is 2.91. The van der Waals surface area contributed by atoms with Crippen molar-refractivity contribution >= 4 is 40.2 Å². The van der Waals surface area contributed by atoms with Crippen molar-refractivity contribution in [1.82, 2.24) is 19.9 Å². The first-order valence-electron chi connectivity index (χ1n) is 5.07. The maximum atomic E-state index is 5.97. The highest BCUT2D eigenvalue weighted by Crippen LogP contribution is 2.28. The minimum Gasteiger partial charge on any atom is -0.382 e. The third-order valence-electron chi connectivity index (χ3n) is 2.51. The largest absolute Gasteiger partial charge is 0.382 e. The number of halogens is 2. The Hall–Kier alpha value is -1.85. The zero-order valence-corrected chi connectivity index (χ0v) is 10.5. The number of rotatable bonds is 1. The van der Waals surface area contributed by atoms with Crippen molar-refractivity contribution in [2.24, 2.45) is 0 Å². The van der Waals surface area contributed by atoms with Crippen LogP contribution < -0.4 is 5.73 Å². The van der Waals surface area contributed by atoms with Crippen LogP contribution in [0.25, 0.3) is 22.6 Å². The number of hydrogen-bond donors (Lipinski definition) is 2. The second-order valence-electron chi connectivity index (χ2n) is 3.67. The molecule has 0 bridgehead atoms. The minimum absolute atomic E-state index is 0.360. The number of aromatic amines is 1. The average molecular weight is 280 g/mol. The fourth-order valence-corrected chi connectivity index (χ4v) is 1.92. The average Bonchev–Trinajstić information content (AvgIpc) is 2.78. The van der Waals surface area contributed by atoms with Crippen LogP contribution in [0.4, 0.5) is 5.82 Å². The number of nitrogens with zero attached hydrogens (tertiary/aromatic N) is 3. The number of H-pyrrole nitrogens is 1. The van der Waals surface area contributed by atoms with Gasteiger partial charge in [-0.3, -0.25) is 0 Å². The maximum Gasteiger partial charge on any atom is 0.183 e. The van der Waals surface area contributed by atoms with Crippen LogP contribution in [-0.4, -0.2) is 19.9 Å². The number of nitrogens with two attached hydrogens (primary N) is 1. The van der Waals surface area contributed by atoms with Gasteiger partial charge in [0.15, 0.2) is 11.5 Å². The molecule has 3 aromatic rings. The monoisotopic (exact) mass is 279 g/mol. The molecule has 0 aliphatic heterocycles. The molecule has 2 aromatic heterocycles. The lowest BCUT2D eigenvalue weighted by molar-refractivity contribution is 1.21. The van der Waals surface area contributed by atoms with Crippen LogP contribution >= 0.6 is 23.2 Å². The highest BCUT2D eigenvalue weighted by Gasteiger charge is 2.10. The van der Waals surface area contributed by atoms with Crippen molar-refractivity contribution in [1.29, 1.82) is 0 Å². The van der Waals surface area contributed by atoms with E-state index in [1.165, 1.54) is 6.33 Å². The topological polar surface area (TPSA) is 80.5 Å². The lowest BCUT2D eigenvalue weighted by Gasteiger charge is -1.99. The number of fused-ring (bicyclic) bond motifs is 1. The van der Waals surface area contributed by atoms with Crippen molar-refractivity contribution < 1.29 is 0 Å². The van der Waals surface area contributed by atoms with Gasteiger partial charge in [0.05, 0.1) is 10.0 Å². The summed E-state index contributed by atoms with van der Waals surface area (Å²) in [4.78, 5) is 15.3. The van der Waals surface area contributed by atoms with E-state index in [0.717, 1.165) is 5.56 Å². The molecule has 18 heavy (non-hydrogen) atoms. The van der Waals surface area contributed by atoms with Crippen LogP contribution in [0.3, 0.4) is 0 Å². The Bertz CT molecular complexity index is 737. The van der Waals surface area contributed by atoms with Crippen LogP contribution in [-0.2, 0) is 0 Å². The third kappa shape index (κ3) is 1.77. The summed E-state index contributed by atoms with van der Waals surface area (Å²) < 4.78 is 0. The molecule has 90 valence electrons. The van der Waals surface area contributed by atoms with E-state index in [4.69, 9.17) is 28.9 Å². The summed E-state index contributed by atoms with van der Waals surface area (Å²) in [6, 6.07) is 5.25. The first-order valence-corrected chi connectivity index (χ1v) is 5.82. The SMILES string of the molecule is Nc1ncnc2nc(-c3ccc(Cl)c(Cl)c3)[nH]c12. The molecule has 0 unspecified atom stereocenters. The van der Waals surface area contributed by atoms with Crippen molar-refractivity contribution in [3.63, 3.8) is 0 Å². The van der Waals surface area contributed by atoms with Gasteiger partial charge < -0.3 is 10.7 Å². The Kier molecular flexibility index (Phi) is 2.57. The number of hydrogen-bond acceptors (Lipinski definition) is 4. The molecule has 0 spiro atoms. The number of benzene rings is 1. The molecule has 3 N–H and O–H groups in total. The van der Waals surface area contributed by atoms with E-state index in [-0.39, 0.29) is 0 Å². The van der Waals surface area contributed by atoms with Crippen LogP contribution in [0.2, 0.25) is 10.0 Å². The molecule has 7 heteroatoms. The summed E-state index contributed by atoms with van der Waals surface area (Å²) in [5.41, 5.74) is 7.67. The molecule has 0 amide bonds. The van der Waals surface area contributed by atoms with E-state index < -0.39 is 0 Å². The summed E-state index contributed by atoms with van der Waals surface area (Å²) in [6.45, 7) is 0. The maximum absolute atomic E-state index is 5.97. The van der Waals surface area contributed by atoms with Crippen molar-refractivity contribution in [3.8, 4) is 11.4 Å². The van der Waals surface area contributed by atoms with E-state index in [2.05, 4.69) is 19.9 Å². The van der Waals surface area contributed by atoms with E-state index in [0.29, 0.717) is 32.9 Å². The Morgan fingerprint density at radius 2 is 1.94 bits per heavy atom. The van der Waals surface area contributed by atoms with Crippen molar-refractivity contribution in [3.05, 3.63) is 34.6 Å². The summed E-state index contributed by atoms with van der Waals surface area (Å²) in [5.74, 6) is 0.981. The lowest BCUT2D eigenvalue weighted by Crippen LogP contribution is -1.91. The van der Waals surface area contributed by atoms with Crippen molar-refractivity contribution in [2.45, 2.75) is 0 Å². The Morgan fingerprint density at radius 3 is 2.67 bits per heavy atom. The van der Waals surface area contributed by atoms with Gasteiger partial charge in [-0.15, -0.1) is 0 Å². The molecular formula is C11H7Cl2N5. The fourth-order valence-electron chi connectivity index (χ4n) is 1.63. The molecule has 0 saturated heterocycles. The fraction of sp³-hybridized carbons (Fsp3) is 0. The molecule has 0 saturated carbocycles. The lowest BCUT2D eigenvalue weighted by atomic mass is 10.2. The highest BCUT2D eigenvalue weighted by atomic mass is 35.5. The number of anilines is 1. The molecular weight excluding hydrogens is 273 g/mol. The first kappa shape index (κ1) is 11.3. The first-order chi connectivity index (χ1) is 8.65. The molecule has 3 rings (SSSR count). The van der Waals surface area contributed by atoms with Gasteiger partial charge in [-0.05, 0) is 18.2 Å². The Morgan fingerprint density at radius 1 is 1.11 bits per heavy atom. The molecule has 0 radical (unpaired) electrons. The molecule has 5 nitrogen and oxygen atoms in total. The number of nitrogens with one attached hydrogen (secondary N) is 1. The van der Waals surface area contributed by atoms with Crippen LogP contribution in [0, 0.1) is 0 Å². The third-order valence-corrected chi connectivity index (χ3v) is 3.25. The van der Waals surface area contributed by atoms with Gasteiger partial charge in [0.25, 0.3) is 0 Å². The van der Waals surface area contributed by atoms with E-state index in [1.807, 2.05) is 6.07 Å². The Balaban J connectivity index is 2.19. The van der Waals surface area contributed by atoms with Gasteiger partial charge in [-0.25, -0.2) is 15.0 Å². The standard InChI is InChI=1S/C11H7Cl2N5/c12-6-2-1-5(3-7(6)13)10-17-8-9(14)15-4-16-11(8)18-10/h1-4H,(H3,14,15,16,17,18). The second kappa shape index (κ2) is 4.12. The van der Waals surface area contributed by atoms with Gasteiger partial charge in [0, 0.05) is 5.56 Å². The second-order valence-corrected chi connectivity index (χ2v) is 4.49. The van der Waals surface area contributed by atoms with Crippen LogP contribution in [0.15, 0.2) is 24.5 Å².